The first-order valence-corrected chi connectivity index (χ1v) is 21.8. The smallest absolute Gasteiger partial charge is 0.854 e. The summed E-state index contributed by atoms with van der Waals surface area (Å²) in [7, 11) is -1.32. The van der Waals surface area contributed by atoms with E-state index in [0.717, 1.165) is 25.7 Å². The van der Waals surface area contributed by atoms with E-state index >= 15 is 0 Å². The van der Waals surface area contributed by atoms with Gasteiger partial charge in [0.25, 0.3) is 0 Å². The molecule has 0 amide bonds. The van der Waals surface area contributed by atoms with Gasteiger partial charge in [-0.15, -0.1) is 0 Å². The zero-order valence-electron chi connectivity index (χ0n) is 25.7. The fraction of sp³-hybridized carbons (Fsp3) is 1.00. The summed E-state index contributed by atoms with van der Waals surface area (Å²) in [5, 5.41) is 0.739. The quantitative estimate of drug-likeness (QED) is 0.160. The maximum absolute atomic E-state index is 11.8. The monoisotopic (exact) mass is 786 g/mol. The molecule has 0 aliphatic rings. The van der Waals surface area contributed by atoms with Crippen molar-refractivity contribution in [1.29, 1.82) is 0 Å². The van der Waals surface area contributed by atoms with Crippen LogP contribution in [0.5, 0.6) is 0 Å². The van der Waals surface area contributed by atoms with Crippen LogP contribution in [0.1, 0.15) is 109 Å². The Bertz CT molecular complexity index is 589. The molecule has 0 fully saturated rings. The molecule has 37 heavy (non-hydrogen) atoms. The third kappa shape index (κ3) is 25.0. The third-order valence-electron chi connectivity index (χ3n) is 5.38. The molecule has 4 nitrogen and oxygen atoms in total. The topological polar surface area (TPSA) is 92.2 Å². The van der Waals surface area contributed by atoms with Crippen LogP contribution >= 0.6 is 11.4 Å². The summed E-state index contributed by atoms with van der Waals surface area (Å²) in [5.74, 6) is 2.08. The Kier molecular flexibility index (Phi) is 33.2. The number of hydrogen-bond donors (Lipinski definition) is 0. The summed E-state index contributed by atoms with van der Waals surface area (Å²) < 4.78 is 0. The van der Waals surface area contributed by atoms with Gasteiger partial charge in [-0.3, -0.25) is 0 Å². The number of hydrogen-bond acceptors (Lipinski definition) is 6. The molecule has 4 unspecified atom stereocenters. The average Bonchev–Trinajstić information content (AvgIpc) is 2.48. The van der Waals surface area contributed by atoms with E-state index < -0.39 is 31.5 Å². The van der Waals surface area contributed by atoms with Crippen molar-refractivity contribution in [3.8, 4) is 0 Å². The Hall–Kier alpha value is 3.97. The fourth-order valence-corrected chi connectivity index (χ4v) is 22.0. The summed E-state index contributed by atoms with van der Waals surface area (Å²) in [6, 6.07) is 0. The van der Waals surface area contributed by atoms with Crippen LogP contribution in [0, 0.1) is 23.7 Å². The van der Waals surface area contributed by atoms with Crippen molar-refractivity contribution in [2.45, 2.75) is 130 Å². The van der Waals surface area contributed by atoms with Gasteiger partial charge in [0.2, 0.25) is 0 Å². The van der Waals surface area contributed by atoms with Gasteiger partial charge in [0, 0.05) is 0 Å². The molecule has 0 saturated heterocycles. The minimum atomic E-state index is -3.64. The van der Waals surface area contributed by atoms with Gasteiger partial charge in [-0.05, 0) is 70.4 Å². The molecule has 0 aliphatic carbocycles. The van der Waals surface area contributed by atoms with Gasteiger partial charge in [0.1, 0.15) is 0 Å². The van der Waals surface area contributed by atoms with Crippen LogP contribution in [0.15, 0.2) is 0 Å². The van der Waals surface area contributed by atoms with Gasteiger partial charge < -0.3 is 55.5 Å². The van der Waals surface area contributed by atoms with Crippen LogP contribution in [0.3, 0.4) is 0 Å². The average molecular weight is 791 g/mol. The minimum absolute atomic E-state index is 0. The third-order valence-corrected chi connectivity index (χ3v) is 21.0. The van der Waals surface area contributed by atoms with Crippen LogP contribution in [-0.2, 0) is 103 Å². The van der Waals surface area contributed by atoms with E-state index in [0.29, 0.717) is 23.7 Å². The Morgan fingerprint density at radius 2 is 0.568 bits per heavy atom. The Morgan fingerprint density at radius 1 is 0.432 bits per heavy atom. The van der Waals surface area contributed by atoms with E-state index in [4.69, 9.17) is 24.5 Å². The van der Waals surface area contributed by atoms with Crippen molar-refractivity contribution in [3.63, 3.8) is 0 Å². The minimum Gasteiger partial charge on any atom is -0.854 e. The molecule has 0 bridgehead atoms. The van der Waals surface area contributed by atoms with Crippen molar-refractivity contribution in [3.05, 3.63) is 0 Å². The molecule has 0 saturated carbocycles. The van der Waals surface area contributed by atoms with Crippen molar-refractivity contribution < 1.29 is 78.0 Å². The van der Waals surface area contributed by atoms with E-state index in [-0.39, 0.29) is 79.4 Å². The molecule has 0 aromatic carbocycles. The van der Waals surface area contributed by atoms with Gasteiger partial charge in [0.05, 0.1) is 0 Å². The second kappa shape index (κ2) is 24.3. The molecule has 212 valence electrons. The van der Waals surface area contributed by atoms with E-state index in [9.17, 15) is 19.6 Å². The molecule has 13 heteroatoms. The summed E-state index contributed by atoms with van der Waals surface area (Å²) in [6.45, 7) is 25.2. The first-order valence-electron chi connectivity index (χ1n) is 12.6. The second-order valence-corrected chi connectivity index (χ2v) is 27.4. The Labute approximate surface area is 284 Å². The zero-order valence-corrected chi connectivity index (χ0v) is 39.7. The van der Waals surface area contributed by atoms with Crippen molar-refractivity contribution >= 4 is 56.0 Å². The van der Waals surface area contributed by atoms with E-state index in [1.807, 2.05) is 27.7 Å². The van der Waals surface area contributed by atoms with Gasteiger partial charge in [-0.1, -0.05) is 83.1 Å². The normalized spacial score (nSPS) is 17.0. The predicted molar refractivity (Wildman–Crippen MR) is 159 cm³/mol. The predicted octanol–water partition coefficient (Wildman–Crippen LogP) is 4.83. The maximum atomic E-state index is 11.8. The molecular formula is C24H52O4P2S4Zn3. The molecular weight excluding hydrogens is 739 g/mol. The molecule has 0 aromatic rings. The summed E-state index contributed by atoms with van der Waals surface area (Å²) in [4.78, 5) is 47.3. The first kappa shape index (κ1) is 50.6. The first-order chi connectivity index (χ1) is 15.1. The van der Waals surface area contributed by atoms with E-state index in [2.05, 4.69) is 55.4 Å². The fourth-order valence-electron chi connectivity index (χ4n) is 4.72. The maximum Gasteiger partial charge on any atom is 2.00 e. The van der Waals surface area contributed by atoms with Crippen LogP contribution in [0.25, 0.3) is 0 Å². The summed E-state index contributed by atoms with van der Waals surface area (Å²) >= 11 is 9.55. The van der Waals surface area contributed by atoms with Crippen molar-refractivity contribution in [1.82, 2.24) is 0 Å². The van der Waals surface area contributed by atoms with Crippen LogP contribution < -0.4 is 19.6 Å². The van der Waals surface area contributed by atoms with E-state index in [1.165, 1.54) is 0 Å². The zero-order chi connectivity index (χ0) is 27.6. The van der Waals surface area contributed by atoms with Crippen LogP contribution in [-0.4, -0.2) is 21.0 Å². The van der Waals surface area contributed by atoms with Gasteiger partial charge >= 0.3 is 58.4 Å². The molecule has 0 N–H and O–H groups in total. The summed E-state index contributed by atoms with van der Waals surface area (Å²) in [5.41, 5.74) is -7.28. The van der Waals surface area contributed by atoms with Gasteiger partial charge in [-0.25, -0.2) is 20.1 Å². The van der Waals surface area contributed by atoms with E-state index in [1.54, 1.807) is 0 Å². The van der Waals surface area contributed by atoms with Gasteiger partial charge in [-0.2, -0.15) is 0 Å². The molecule has 4 atom stereocenters. The largest absolute Gasteiger partial charge is 2.00 e. The Balaban J connectivity index is -0.000000171. The number of rotatable bonds is 12. The van der Waals surface area contributed by atoms with Crippen molar-refractivity contribution in [2.24, 2.45) is 23.7 Å². The standard InChI is InChI=1S/2C12H26O2PS2.3Zn/c2*1-9(2)7-11(5)17(15(13,14)16)12(6)8-10(3)4;;;/h2*9-12H,7-8H2,1-6H3;;;/q2*-3;3*+2. The molecule has 0 radical (unpaired) electrons. The Morgan fingerprint density at radius 3 is 0.649 bits per heavy atom. The molecule has 0 spiro atoms. The molecule has 0 aromatic heterocycles. The van der Waals surface area contributed by atoms with Crippen molar-refractivity contribution in [2.75, 3.05) is 0 Å². The molecule has 0 heterocycles. The molecule has 0 rings (SSSR count). The van der Waals surface area contributed by atoms with Crippen LogP contribution in [0.2, 0.25) is 0 Å². The van der Waals surface area contributed by atoms with Crippen LogP contribution in [0.4, 0.5) is 0 Å². The summed E-state index contributed by atoms with van der Waals surface area (Å²) in [6.07, 6.45) is 3.76. The second-order valence-electron chi connectivity index (χ2n) is 11.3. The molecule has 0 aliphatic heterocycles. The van der Waals surface area contributed by atoms with Gasteiger partial charge in [0.15, 0.2) is 0 Å². The SMILES string of the molecule is CC(C)CC(C)S(C(C)CC(C)C)=P([O-])([O-])[S-].CC(C)CC(C)S(C(C)CC(C)C)=P([O-])([O-])[S-].[Zn+2].[Zn+2].[Zn+2].